The highest BCUT2D eigenvalue weighted by atomic mass is 35.5. The second kappa shape index (κ2) is 12.1. The molecular formula is C24H17ClN8O3S3. The first kappa shape index (κ1) is 27.8. The van der Waals surface area contributed by atoms with Gasteiger partial charge in [-0.25, -0.2) is 13.4 Å². The van der Waals surface area contributed by atoms with E-state index in [2.05, 4.69) is 31.3 Å². The number of carbonyl (C=O) groups is 1. The Labute approximate surface area is 236 Å². The Hall–Kier alpha value is -4.21. The molecule has 0 unspecified atom stereocenters. The van der Waals surface area contributed by atoms with Gasteiger partial charge in [-0.15, -0.1) is 33.3 Å². The van der Waals surface area contributed by atoms with Crippen LogP contribution in [0.25, 0.3) is 10.4 Å². The number of thiophene rings is 1. The number of nitrogen functional groups attached to an aromatic ring is 1. The molecule has 0 bridgehead atoms. The van der Waals surface area contributed by atoms with Gasteiger partial charge >= 0.3 is 0 Å². The van der Waals surface area contributed by atoms with Crippen LogP contribution in [0.1, 0.15) is 17.5 Å². The van der Waals surface area contributed by atoms with Gasteiger partial charge in [0.25, 0.3) is 10.0 Å². The molecule has 39 heavy (non-hydrogen) atoms. The van der Waals surface area contributed by atoms with Crippen LogP contribution >= 0.6 is 34.7 Å². The lowest BCUT2D eigenvalue weighted by Gasteiger charge is -2.12. The van der Waals surface area contributed by atoms with E-state index >= 15 is 0 Å². The maximum atomic E-state index is 12.6. The summed E-state index contributed by atoms with van der Waals surface area (Å²) < 4.78 is 27.4. The predicted molar refractivity (Wildman–Crippen MR) is 150 cm³/mol. The van der Waals surface area contributed by atoms with E-state index in [0.29, 0.717) is 16.3 Å². The van der Waals surface area contributed by atoms with Crippen molar-refractivity contribution in [2.45, 2.75) is 16.3 Å². The van der Waals surface area contributed by atoms with Crippen LogP contribution in [-0.4, -0.2) is 35.3 Å². The summed E-state index contributed by atoms with van der Waals surface area (Å²) in [7, 11) is -3.93. The Morgan fingerprint density at radius 3 is 2.44 bits per heavy atom. The first-order chi connectivity index (χ1) is 18.7. The summed E-state index contributed by atoms with van der Waals surface area (Å²) in [5.74, 6) is -0.0260. The molecule has 3 aromatic heterocycles. The number of sulfonamides is 1. The number of nitrogens with zero attached hydrogens (tertiary/aromatic N) is 5. The molecule has 11 nitrogen and oxygen atoms in total. The molecule has 0 saturated carbocycles. The number of anilines is 3. The van der Waals surface area contributed by atoms with Gasteiger partial charge in [0, 0.05) is 28.3 Å². The van der Waals surface area contributed by atoms with Gasteiger partial charge in [0.15, 0.2) is 11.0 Å². The van der Waals surface area contributed by atoms with Crippen LogP contribution in [0.15, 0.2) is 63.8 Å². The lowest BCUT2D eigenvalue weighted by molar-refractivity contribution is -0.115. The van der Waals surface area contributed by atoms with Crippen molar-refractivity contribution in [3.8, 4) is 22.6 Å². The van der Waals surface area contributed by atoms with Crippen LogP contribution in [0, 0.1) is 22.7 Å². The Kier molecular flexibility index (Phi) is 8.63. The van der Waals surface area contributed by atoms with Gasteiger partial charge in [-0.1, -0.05) is 17.7 Å². The van der Waals surface area contributed by atoms with Crippen LogP contribution in [0.4, 0.5) is 17.3 Å². The van der Waals surface area contributed by atoms with Crippen LogP contribution in [0.3, 0.4) is 0 Å². The van der Waals surface area contributed by atoms with Gasteiger partial charge in [-0.2, -0.15) is 10.5 Å². The van der Waals surface area contributed by atoms with E-state index in [9.17, 15) is 23.7 Å². The summed E-state index contributed by atoms with van der Waals surface area (Å²) >= 11 is 8.21. The highest BCUT2D eigenvalue weighted by Crippen LogP contribution is 2.37. The smallest absolute Gasteiger partial charge is 0.263 e. The molecule has 4 rings (SSSR count). The minimum Gasteiger partial charge on any atom is -0.383 e. The van der Waals surface area contributed by atoms with E-state index < -0.39 is 10.0 Å². The number of thioether (sulfide) groups is 1. The maximum absolute atomic E-state index is 12.6. The van der Waals surface area contributed by atoms with Gasteiger partial charge in [-0.05, 0) is 47.8 Å². The van der Waals surface area contributed by atoms with Crippen LogP contribution in [0.2, 0.25) is 5.15 Å². The molecule has 0 atom stereocenters. The highest BCUT2D eigenvalue weighted by molar-refractivity contribution is 7.99. The summed E-state index contributed by atoms with van der Waals surface area (Å²) in [6.07, 6.45) is 0.0717. The minimum atomic E-state index is -3.93. The molecule has 0 aliphatic heterocycles. The topological polar surface area (TPSA) is 188 Å². The van der Waals surface area contributed by atoms with Crippen LogP contribution in [0.5, 0.6) is 0 Å². The Morgan fingerprint density at radius 1 is 1.08 bits per heavy atom. The Morgan fingerprint density at radius 2 is 1.82 bits per heavy atom. The van der Waals surface area contributed by atoms with Gasteiger partial charge in [0.2, 0.25) is 5.91 Å². The standard InChI is InChI=1S/C24H17ClN8O3S3/c25-19-7-8-20(32-31-19)33-39(35,36)15-5-3-14(4-6-15)29-21(34)9-11-38-24-17(13-27)22(18-2-1-10-37-18)16(12-26)23(28)30-24/h1-8,10H,9,11H2,(H2,28,30)(H,29,34)(H,32,33). The number of nitrogens with one attached hydrogen (secondary N) is 2. The quantitative estimate of drug-likeness (QED) is 0.232. The number of benzene rings is 1. The highest BCUT2D eigenvalue weighted by Gasteiger charge is 2.21. The summed E-state index contributed by atoms with van der Waals surface area (Å²) in [4.78, 5) is 17.4. The van der Waals surface area contributed by atoms with Crippen molar-refractivity contribution >= 4 is 68.0 Å². The largest absolute Gasteiger partial charge is 0.383 e. The number of nitrogens with two attached hydrogens (primary N) is 1. The van der Waals surface area contributed by atoms with Crippen molar-refractivity contribution in [1.29, 1.82) is 10.5 Å². The Balaban J connectivity index is 1.39. The van der Waals surface area contributed by atoms with E-state index in [1.165, 1.54) is 59.5 Å². The summed E-state index contributed by atoms with van der Waals surface area (Å²) in [5.41, 5.74) is 7.19. The zero-order valence-electron chi connectivity index (χ0n) is 19.8. The summed E-state index contributed by atoms with van der Waals surface area (Å²) in [6, 6.07) is 16.1. The fourth-order valence-corrected chi connectivity index (χ4v) is 6.13. The van der Waals surface area contributed by atoms with E-state index in [1.54, 1.807) is 6.07 Å². The first-order valence-electron chi connectivity index (χ1n) is 10.9. The number of nitriles is 2. The molecule has 0 spiro atoms. The number of carbonyl (C=O) groups excluding carboxylic acids is 1. The molecule has 0 fully saturated rings. The van der Waals surface area contributed by atoms with Crippen molar-refractivity contribution in [3.05, 3.63) is 70.2 Å². The van der Waals surface area contributed by atoms with Crippen molar-refractivity contribution in [2.24, 2.45) is 0 Å². The van der Waals surface area contributed by atoms with Crippen molar-refractivity contribution in [3.63, 3.8) is 0 Å². The second-order valence-corrected chi connectivity index (χ2v) is 11.7. The molecule has 1 aromatic carbocycles. The average Bonchev–Trinajstić information content (AvgIpc) is 3.44. The summed E-state index contributed by atoms with van der Waals surface area (Å²) in [6.45, 7) is 0. The normalized spacial score (nSPS) is 10.8. The molecule has 4 aromatic rings. The lowest BCUT2D eigenvalue weighted by Crippen LogP contribution is -2.15. The average molecular weight is 597 g/mol. The van der Waals surface area contributed by atoms with Crippen molar-refractivity contribution < 1.29 is 13.2 Å². The Bertz CT molecular complexity index is 1700. The van der Waals surface area contributed by atoms with E-state index in [4.69, 9.17) is 17.3 Å². The van der Waals surface area contributed by atoms with Crippen LogP contribution in [-0.2, 0) is 14.8 Å². The number of amides is 1. The molecule has 0 saturated heterocycles. The van der Waals surface area contributed by atoms with Crippen LogP contribution < -0.4 is 15.8 Å². The van der Waals surface area contributed by atoms with Gasteiger partial charge in [-0.3, -0.25) is 9.52 Å². The molecule has 4 N–H and O–H groups in total. The number of aromatic nitrogens is 3. The van der Waals surface area contributed by atoms with Gasteiger partial charge < -0.3 is 11.1 Å². The molecule has 0 radical (unpaired) electrons. The monoisotopic (exact) mass is 596 g/mol. The van der Waals surface area contributed by atoms with E-state index in [1.807, 2.05) is 17.5 Å². The third-order valence-electron chi connectivity index (χ3n) is 5.07. The fraction of sp³-hybridized carbons (Fsp3) is 0.0833. The molecule has 1 amide bonds. The van der Waals surface area contributed by atoms with Crippen molar-refractivity contribution in [2.75, 3.05) is 21.5 Å². The molecule has 3 heterocycles. The lowest BCUT2D eigenvalue weighted by atomic mass is 10.0. The second-order valence-electron chi connectivity index (χ2n) is 7.65. The minimum absolute atomic E-state index is 0.00912. The molecule has 15 heteroatoms. The maximum Gasteiger partial charge on any atom is 0.263 e. The summed E-state index contributed by atoms with van der Waals surface area (Å²) in [5, 5.41) is 31.6. The molecular weight excluding hydrogens is 580 g/mol. The molecule has 196 valence electrons. The van der Waals surface area contributed by atoms with E-state index in [-0.39, 0.29) is 50.9 Å². The van der Waals surface area contributed by atoms with Crippen molar-refractivity contribution in [1.82, 2.24) is 15.2 Å². The zero-order valence-corrected chi connectivity index (χ0v) is 23.0. The fourth-order valence-electron chi connectivity index (χ4n) is 3.32. The third-order valence-corrected chi connectivity index (χ3v) is 8.51. The number of hydrogen-bond donors (Lipinski definition) is 3. The first-order valence-corrected chi connectivity index (χ1v) is 14.7. The number of pyridine rings is 1. The number of halogens is 1. The van der Waals surface area contributed by atoms with E-state index in [0.717, 1.165) is 4.88 Å². The predicted octanol–water partition coefficient (Wildman–Crippen LogP) is 4.50. The number of hydrogen-bond acceptors (Lipinski definition) is 11. The molecule has 0 aliphatic rings. The zero-order chi connectivity index (χ0) is 28.0. The SMILES string of the molecule is N#Cc1c(N)nc(SCCC(=O)Nc2ccc(S(=O)(=O)Nc3ccc(Cl)nn3)cc2)c(C#N)c1-c1cccs1. The molecule has 0 aliphatic carbocycles. The van der Waals surface area contributed by atoms with Gasteiger partial charge in [0.05, 0.1) is 10.5 Å². The van der Waals surface area contributed by atoms with Gasteiger partial charge in [0.1, 0.15) is 28.5 Å². The number of rotatable bonds is 9. The third kappa shape index (κ3) is 6.63.